The first-order chi connectivity index (χ1) is 13.1. The third-order valence-corrected chi connectivity index (χ3v) is 5.78. The largest absolute Gasteiger partial charge is 0.366 e. The molecule has 1 saturated heterocycles. The number of carbonyl (C=O) groups is 1. The molecular weight excluding hydrogens is 360 g/mol. The molecular formula is C21H23ClN4O. The second-order valence-corrected chi connectivity index (χ2v) is 7.80. The molecule has 4 N–H and O–H groups in total. The van der Waals surface area contributed by atoms with E-state index in [0.717, 1.165) is 54.5 Å². The van der Waals surface area contributed by atoms with Gasteiger partial charge in [0.05, 0.1) is 6.54 Å². The fourth-order valence-corrected chi connectivity index (χ4v) is 4.25. The Kier molecular flexibility index (Phi) is 4.89. The number of nitrogens with one attached hydrogen (secondary N) is 2. The number of primary amides is 1. The maximum Gasteiger partial charge on any atom is 0.248 e. The van der Waals surface area contributed by atoms with Gasteiger partial charge in [-0.05, 0) is 67.7 Å². The van der Waals surface area contributed by atoms with Gasteiger partial charge in [0.1, 0.15) is 5.84 Å². The van der Waals surface area contributed by atoms with Crippen LogP contribution in [0.1, 0.15) is 34.3 Å². The van der Waals surface area contributed by atoms with E-state index in [1.54, 1.807) is 0 Å². The summed E-state index contributed by atoms with van der Waals surface area (Å²) >= 11 is 6.11. The number of amidine groups is 1. The molecule has 1 fully saturated rings. The monoisotopic (exact) mass is 382 g/mol. The van der Waals surface area contributed by atoms with Gasteiger partial charge in [-0.2, -0.15) is 0 Å². The number of amides is 1. The van der Waals surface area contributed by atoms with E-state index >= 15 is 0 Å². The summed E-state index contributed by atoms with van der Waals surface area (Å²) in [5.74, 6) is 0.581. The highest BCUT2D eigenvalue weighted by Crippen LogP contribution is 2.41. The predicted molar refractivity (Wildman–Crippen MR) is 109 cm³/mol. The van der Waals surface area contributed by atoms with Gasteiger partial charge in [-0.1, -0.05) is 29.8 Å². The van der Waals surface area contributed by atoms with Crippen LogP contribution in [0.25, 0.3) is 0 Å². The first-order valence-electron chi connectivity index (χ1n) is 9.26. The summed E-state index contributed by atoms with van der Waals surface area (Å²) in [6, 6.07) is 13.5. The maximum atomic E-state index is 11.5. The summed E-state index contributed by atoms with van der Waals surface area (Å²) in [7, 11) is 0. The molecule has 0 radical (unpaired) electrons. The number of halogens is 1. The molecule has 2 aliphatic rings. The number of nitrogens with two attached hydrogens (primary N) is 1. The van der Waals surface area contributed by atoms with Crippen LogP contribution in [-0.4, -0.2) is 24.8 Å². The zero-order chi connectivity index (χ0) is 18.9. The molecule has 0 atom stereocenters. The first kappa shape index (κ1) is 18.0. The van der Waals surface area contributed by atoms with E-state index in [9.17, 15) is 4.79 Å². The minimum absolute atomic E-state index is 0.00503. The number of benzene rings is 2. The Bertz CT molecular complexity index is 903. The van der Waals surface area contributed by atoms with E-state index in [-0.39, 0.29) is 5.41 Å². The minimum atomic E-state index is -0.417. The summed E-state index contributed by atoms with van der Waals surface area (Å²) in [4.78, 5) is 16.5. The van der Waals surface area contributed by atoms with Crippen LogP contribution in [0.4, 0.5) is 5.69 Å². The average Bonchev–Trinajstić information content (AvgIpc) is 2.66. The molecule has 5 nitrogen and oxygen atoms in total. The van der Waals surface area contributed by atoms with Crippen molar-refractivity contribution >= 4 is 29.0 Å². The van der Waals surface area contributed by atoms with E-state index in [4.69, 9.17) is 22.3 Å². The fraction of sp³-hybridized carbons (Fsp3) is 0.333. The van der Waals surface area contributed by atoms with Gasteiger partial charge >= 0.3 is 0 Å². The molecule has 1 spiro atoms. The van der Waals surface area contributed by atoms with Crippen molar-refractivity contribution < 1.29 is 4.79 Å². The SMILES string of the molecule is NC(=O)c1ccc2c(c1)NC(=NCc1cccc(Cl)c1)C1(CCNCC1)C2. The summed E-state index contributed by atoms with van der Waals surface area (Å²) in [5.41, 5.74) is 9.19. The van der Waals surface area contributed by atoms with Crippen molar-refractivity contribution in [3.05, 3.63) is 64.2 Å². The summed E-state index contributed by atoms with van der Waals surface area (Å²) in [5, 5.41) is 7.68. The van der Waals surface area contributed by atoms with Crippen molar-refractivity contribution in [3.63, 3.8) is 0 Å². The fourth-order valence-electron chi connectivity index (χ4n) is 4.04. The molecule has 27 heavy (non-hydrogen) atoms. The van der Waals surface area contributed by atoms with Crippen molar-refractivity contribution in [1.29, 1.82) is 0 Å². The van der Waals surface area contributed by atoms with Crippen LogP contribution < -0.4 is 16.4 Å². The molecule has 2 aromatic rings. The van der Waals surface area contributed by atoms with Gasteiger partial charge in [-0.25, -0.2) is 0 Å². The van der Waals surface area contributed by atoms with E-state index in [2.05, 4.69) is 10.6 Å². The van der Waals surface area contributed by atoms with Gasteiger partial charge in [-0.15, -0.1) is 0 Å². The van der Waals surface area contributed by atoms with Gasteiger partial charge < -0.3 is 16.4 Å². The Balaban J connectivity index is 1.69. The molecule has 0 aromatic heterocycles. The Morgan fingerprint density at radius 2 is 2.00 bits per heavy atom. The summed E-state index contributed by atoms with van der Waals surface area (Å²) in [6.45, 7) is 2.53. The lowest BCUT2D eigenvalue weighted by atomic mass is 9.70. The lowest BCUT2D eigenvalue weighted by Crippen LogP contribution is -2.48. The predicted octanol–water partition coefficient (Wildman–Crippen LogP) is 3.38. The zero-order valence-corrected chi connectivity index (χ0v) is 15.9. The number of hydrogen-bond donors (Lipinski definition) is 3. The van der Waals surface area contributed by atoms with Crippen molar-refractivity contribution in [2.75, 3.05) is 18.4 Å². The van der Waals surface area contributed by atoms with Crippen LogP contribution in [0.15, 0.2) is 47.5 Å². The first-order valence-corrected chi connectivity index (χ1v) is 9.63. The van der Waals surface area contributed by atoms with Gasteiger partial charge in [0.15, 0.2) is 0 Å². The number of hydrogen-bond acceptors (Lipinski definition) is 3. The molecule has 140 valence electrons. The lowest BCUT2D eigenvalue weighted by molar-refractivity contribution is 0.100. The Labute approximate surface area is 164 Å². The smallest absolute Gasteiger partial charge is 0.248 e. The van der Waals surface area contributed by atoms with E-state index < -0.39 is 5.91 Å². The average molecular weight is 383 g/mol. The number of aliphatic imine (C=N–C) groups is 1. The highest BCUT2D eigenvalue weighted by atomic mass is 35.5. The number of nitrogens with zero attached hydrogens (tertiary/aromatic N) is 1. The maximum absolute atomic E-state index is 11.5. The molecule has 0 saturated carbocycles. The highest BCUT2D eigenvalue weighted by molar-refractivity contribution is 6.30. The van der Waals surface area contributed by atoms with Gasteiger partial charge in [0, 0.05) is 21.7 Å². The van der Waals surface area contributed by atoms with Crippen LogP contribution in [0.3, 0.4) is 0 Å². The van der Waals surface area contributed by atoms with Crippen molar-refractivity contribution in [2.24, 2.45) is 16.1 Å². The Morgan fingerprint density at radius 1 is 1.19 bits per heavy atom. The summed E-state index contributed by atoms with van der Waals surface area (Å²) in [6.07, 6.45) is 2.99. The van der Waals surface area contributed by atoms with Crippen LogP contribution in [0.2, 0.25) is 5.02 Å². The standard InChI is InChI=1S/C21H23ClN4O/c22-17-3-1-2-14(10-17)13-25-20-21(6-8-24-9-7-21)12-16-5-4-15(19(23)27)11-18(16)26-20/h1-5,10-11,24H,6-9,12-13H2,(H2,23,27)(H,25,26). The van der Waals surface area contributed by atoms with Crippen LogP contribution in [-0.2, 0) is 13.0 Å². The summed E-state index contributed by atoms with van der Waals surface area (Å²) < 4.78 is 0. The van der Waals surface area contributed by atoms with Crippen LogP contribution in [0.5, 0.6) is 0 Å². The number of carbonyl (C=O) groups excluding carboxylic acids is 1. The minimum Gasteiger partial charge on any atom is -0.366 e. The Morgan fingerprint density at radius 3 is 2.74 bits per heavy atom. The molecule has 4 rings (SSSR count). The van der Waals surface area contributed by atoms with Gasteiger partial charge in [0.25, 0.3) is 0 Å². The van der Waals surface area contributed by atoms with E-state index in [1.807, 2.05) is 42.5 Å². The molecule has 1 amide bonds. The lowest BCUT2D eigenvalue weighted by Gasteiger charge is -2.43. The van der Waals surface area contributed by atoms with Crippen molar-refractivity contribution in [2.45, 2.75) is 25.8 Å². The van der Waals surface area contributed by atoms with Crippen molar-refractivity contribution in [3.8, 4) is 0 Å². The quantitative estimate of drug-likeness (QED) is 0.761. The second-order valence-electron chi connectivity index (χ2n) is 7.36. The van der Waals surface area contributed by atoms with Crippen LogP contribution in [0, 0.1) is 5.41 Å². The number of anilines is 1. The normalized spacial score (nSPS) is 19.5. The third-order valence-electron chi connectivity index (χ3n) is 5.55. The van der Waals surface area contributed by atoms with E-state index in [1.165, 1.54) is 5.56 Å². The molecule has 2 heterocycles. The zero-order valence-electron chi connectivity index (χ0n) is 15.1. The third kappa shape index (κ3) is 3.70. The van der Waals surface area contributed by atoms with E-state index in [0.29, 0.717) is 12.1 Å². The molecule has 0 bridgehead atoms. The molecule has 0 unspecified atom stereocenters. The number of fused-ring (bicyclic) bond motifs is 1. The topological polar surface area (TPSA) is 79.5 Å². The number of piperidine rings is 1. The number of rotatable bonds is 3. The van der Waals surface area contributed by atoms with Gasteiger partial charge in [0.2, 0.25) is 5.91 Å². The second kappa shape index (κ2) is 7.33. The molecule has 6 heteroatoms. The van der Waals surface area contributed by atoms with Crippen LogP contribution >= 0.6 is 11.6 Å². The Hall–Kier alpha value is -2.37. The molecule has 0 aliphatic carbocycles. The highest BCUT2D eigenvalue weighted by Gasteiger charge is 2.41. The molecule has 2 aromatic carbocycles. The van der Waals surface area contributed by atoms with Crippen molar-refractivity contribution in [1.82, 2.24) is 5.32 Å². The molecule has 2 aliphatic heterocycles. The van der Waals surface area contributed by atoms with Gasteiger partial charge in [-0.3, -0.25) is 9.79 Å².